The van der Waals surface area contributed by atoms with Gasteiger partial charge in [-0.3, -0.25) is 10.1 Å². The predicted octanol–water partition coefficient (Wildman–Crippen LogP) is 2.55. The van der Waals surface area contributed by atoms with Gasteiger partial charge in [0.25, 0.3) is 5.69 Å². The predicted molar refractivity (Wildman–Crippen MR) is 68.8 cm³/mol. The minimum Gasteiger partial charge on any atom is -0.496 e. The average molecular weight is 253 g/mol. The monoisotopic (exact) mass is 253 g/mol. The average Bonchev–Trinajstić information content (AvgIpc) is 2.36. The van der Waals surface area contributed by atoms with Gasteiger partial charge in [-0.1, -0.05) is 13.8 Å². The fraction of sp³-hybridized carbons (Fsp3) is 0.538. The van der Waals surface area contributed by atoms with Crippen LogP contribution in [0.4, 0.5) is 5.69 Å². The van der Waals surface area contributed by atoms with Gasteiger partial charge in [-0.05, 0) is 30.4 Å². The van der Waals surface area contributed by atoms with Gasteiger partial charge in [-0.25, -0.2) is 0 Å². The molecule has 5 nitrogen and oxygen atoms in total. The SMILES string of the molecule is CCC(O)C(C)Cc1cc(OC)cc([N+](=O)[O-])c1. The Morgan fingerprint density at radius 1 is 1.44 bits per heavy atom. The van der Waals surface area contributed by atoms with E-state index in [9.17, 15) is 15.2 Å². The Labute approximate surface area is 107 Å². The van der Waals surface area contributed by atoms with Crippen molar-refractivity contribution in [3.05, 3.63) is 33.9 Å². The van der Waals surface area contributed by atoms with Crippen molar-refractivity contribution in [1.29, 1.82) is 0 Å². The molecule has 2 unspecified atom stereocenters. The first-order valence-corrected chi connectivity index (χ1v) is 5.98. The molecule has 0 spiro atoms. The van der Waals surface area contributed by atoms with Gasteiger partial charge in [0.05, 0.1) is 24.2 Å². The Balaban J connectivity index is 2.94. The lowest BCUT2D eigenvalue weighted by Gasteiger charge is -2.17. The Hall–Kier alpha value is -1.62. The zero-order chi connectivity index (χ0) is 13.7. The molecule has 0 saturated carbocycles. The van der Waals surface area contributed by atoms with Crippen LogP contribution in [-0.2, 0) is 6.42 Å². The van der Waals surface area contributed by atoms with Crippen LogP contribution in [0.2, 0.25) is 0 Å². The van der Waals surface area contributed by atoms with E-state index in [1.807, 2.05) is 13.8 Å². The number of hydrogen-bond acceptors (Lipinski definition) is 4. The number of nitro benzene ring substituents is 1. The van der Waals surface area contributed by atoms with Crippen LogP contribution in [-0.4, -0.2) is 23.2 Å². The van der Waals surface area contributed by atoms with Crippen LogP contribution < -0.4 is 4.74 Å². The van der Waals surface area contributed by atoms with Gasteiger partial charge in [0.2, 0.25) is 0 Å². The standard InChI is InChI=1S/C13H19NO4/c1-4-13(15)9(2)5-10-6-11(14(16)17)8-12(7-10)18-3/h6-9,13,15H,4-5H2,1-3H3. The first kappa shape index (κ1) is 14.4. The third kappa shape index (κ3) is 3.70. The molecule has 0 aliphatic carbocycles. The molecule has 1 aromatic rings. The summed E-state index contributed by atoms with van der Waals surface area (Å²) in [5.74, 6) is 0.527. The minimum atomic E-state index is -0.438. The molecule has 1 N–H and O–H groups in total. The van der Waals surface area contributed by atoms with Gasteiger partial charge in [0.15, 0.2) is 0 Å². The molecule has 100 valence electrons. The fourth-order valence-corrected chi connectivity index (χ4v) is 1.89. The van der Waals surface area contributed by atoms with Crippen LogP contribution in [0.3, 0.4) is 0 Å². The Morgan fingerprint density at radius 2 is 2.11 bits per heavy atom. The number of methoxy groups -OCH3 is 1. The van der Waals surface area contributed by atoms with E-state index >= 15 is 0 Å². The third-order valence-corrected chi connectivity index (χ3v) is 3.03. The molecule has 0 fully saturated rings. The van der Waals surface area contributed by atoms with Crippen LogP contribution >= 0.6 is 0 Å². The Bertz CT molecular complexity index is 419. The van der Waals surface area contributed by atoms with Crippen LogP contribution in [0.5, 0.6) is 5.75 Å². The number of benzene rings is 1. The van der Waals surface area contributed by atoms with Gasteiger partial charge in [0.1, 0.15) is 5.75 Å². The largest absolute Gasteiger partial charge is 0.496 e. The van der Waals surface area contributed by atoms with Crippen molar-refractivity contribution in [1.82, 2.24) is 0 Å². The highest BCUT2D eigenvalue weighted by Crippen LogP contribution is 2.25. The van der Waals surface area contributed by atoms with Gasteiger partial charge in [-0.2, -0.15) is 0 Å². The number of nitrogens with zero attached hydrogens (tertiary/aromatic N) is 1. The maximum atomic E-state index is 10.8. The molecule has 0 aliphatic rings. The van der Waals surface area contributed by atoms with Crippen LogP contribution in [0.1, 0.15) is 25.8 Å². The molecule has 1 aromatic carbocycles. The maximum absolute atomic E-state index is 10.8. The second kappa shape index (κ2) is 6.35. The Morgan fingerprint density at radius 3 is 2.61 bits per heavy atom. The van der Waals surface area contributed by atoms with Gasteiger partial charge >= 0.3 is 0 Å². The lowest BCUT2D eigenvalue weighted by atomic mass is 9.94. The summed E-state index contributed by atoms with van der Waals surface area (Å²) in [5, 5.41) is 20.5. The topological polar surface area (TPSA) is 72.6 Å². The smallest absolute Gasteiger partial charge is 0.273 e. The van der Waals surface area contributed by atoms with Crippen LogP contribution in [0, 0.1) is 16.0 Å². The van der Waals surface area contributed by atoms with Crippen LogP contribution in [0.25, 0.3) is 0 Å². The maximum Gasteiger partial charge on any atom is 0.273 e. The number of ether oxygens (including phenoxy) is 1. The highest BCUT2D eigenvalue weighted by atomic mass is 16.6. The van der Waals surface area contributed by atoms with E-state index in [1.165, 1.54) is 19.2 Å². The molecule has 0 amide bonds. The minimum absolute atomic E-state index is 0.0162. The first-order valence-electron chi connectivity index (χ1n) is 5.98. The van der Waals surface area contributed by atoms with Gasteiger partial charge in [-0.15, -0.1) is 0 Å². The van der Waals surface area contributed by atoms with Gasteiger partial charge < -0.3 is 9.84 Å². The highest BCUT2D eigenvalue weighted by molar-refractivity contribution is 5.43. The van der Waals surface area contributed by atoms with Crippen molar-refractivity contribution in [2.45, 2.75) is 32.8 Å². The van der Waals surface area contributed by atoms with E-state index in [2.05, 4.69) is 0 Å². The molecule has 0 bridgehead atoms. The number of hydrogen-bond donors (Lipinski definition) is 1. The zero-order valence-corrected chi connectivity index (χ0v) is 10.9. The molecule has 0 aliphatic heterocycles. The van der Waals surface area contributed by atoms with Crippen molar-refractivity contribution in [2.24, 2.45) is 5.92 Å². The van der Waals surface area contributed by atoms with E-state index in [-0.39, 0.29) is 11.6 Å². The summed E-state index contributed by atoms with van der Waals surface area (Å²) in [4.78, 5) is 10.4. The summed E-state index contributed by atoms with van der Waals surface area (Å²) in [6.45, 7) is 3.84. The highest BCUT2D eigenvalue weighted by Gasteiger charge is 2.16. The van der Waals surface area contributed by atoms with Crippen molar-refractivity contribution in [2.75, 3.05) is 7.11 Å². The summed E-state index contributed by atoms with van der Waals surface area (Å²) in [6, 6.07) is 4.69. The number of nitro groups is 1. The first-order chi connectivity index (χ1) is 8.47. The summed E-state index contributed by atoms with van der Waals surface area (Å²) < 4.78 is 5.05. The molecule has 0 radical (unpaired) electrons. The van der Waals surface area contributed by atoms with E-state index in [0.29, 0.717) is 18.6 Å². The lowest BCUT2D eigenvalue weighted by Crippen LogP contribution is -2.18. The zero-order valence-electron chi connectivity index (χ0n) is 10.9. The summed E-state index contributed by atoms with van der Waals surface area (Å²) >= 11 is 0. The van der Waals surface area contributed by atoms with E-state index in [0.717, 1.165) is 5.56 Å². The van der Waals surface area contributed by atoms with Crippen molar-refractivity contribution >= 4 is 5.69 Å². The third-order valence-electron chi connectivity index (χ3n) is 3.03. The number of rotatable bonds is 6. The summed E-state index contributed by atoms with van der Waals surface area (Å²) in [5.41, 5.74) is 0.823. The van der Waals surface area contributed by atoms with Crippen LogP contribution in [0.15, 0.2) is 18.2 Å². The summed E-state index contributed by atoms with van der Waals surface area (Å²) in [6.07, 6.45) is 0.871. The molecular formula is C13H19NO4. The molecule has 0 saturated heterocycles. The normalized spacial score (nSPS) is 14.0. The lowest BCUT2D eigenvalue weighted by molar-refractivity contribution is -0.385. The molecule has 18 heavy (non-hydrogen) atoms. The quantitative estimate of drug-likeness (QED) is 0.624. The molecule has 0 heterocycles. The second-order valence-corrected chi connectivity index (χ2v) is 4.45. The molecular weight excluding hydrogens is 234 g/mol. The molecule has 0 aromatic heterocycles. The van der Waals surface area contributed by atoms with E-state index in [4.69, 9.17) is 4.74 Å². The van der Waals surface area contributed by atoms with E-state index in [1.54, 1.807) is 6.07 Å². The number of non-ortho nitro benzene ring substituents is 1. The molecule has 5 heteroatoms. The van der Waals surface area contributed by atoms with Gasteiger partial charge in [0, 0.05) is 6.07 Å². The number of aliphatic hydroxyl groups is 1. The molecule has 2 atom stereocenters. The van der Waals surface area contributed by atoms with Crippen molar-refractivity contribution in [3.8, 4) is 5.75 Å². The molecule has 1 rings (SSSR count). The van der Waals surface area contributed by atoms with E-state index < -0.39 is 11.0 Å². The van der Waals surface area contributed by atoms with Crippen molar-refractivity contribution in [3.63, 3.8) is 0 Å². The number of aliphatic hydroxyl groups excluding tert-OH is 1. The summed E-state index contributed by atoms with van der Waals surface area (Å²) in [7, 11) is 1.48. The fourth-order valence-electron chi connectivity index (χ4n) is 1.89. The Kier molecular flexibility index (Phi) is 5.09. The van der Waals surface area contributed by atoms with Crippen molar-refractivity contribution < 1.29 is 14.8 Å². The second-order valence-electron chi connectivity index (χ2n) is 4.45.